The van der Waals surface area contributed by atoms with Crippen molar-refractivity contribution in [2.45, 2.75) is 57.7 Å². The highest BCUT2D eigenvalue weighted by Gasteiger charge is 2.43. The van der Waals surface area contributed by atoms with Crippen LogP contribution in [0.15, 0.2) is 0 Å². The molecule has 2 N–H and O–H groups in total. The molecule has 13 heavy (non-hydrogen) atoms. The summed E-state index contributed by atoms with van der Waals surface area (Å²) in [5.41, 5.74) is 0.568. The Morgan fingerprint density at radius 3 is 2.62 bits per heavy atom. The molecule has 2 fully saturated rings. The lowest BCUT2D eigenvalue weighted by molar-refractivity contribution is 0.174. The second-order valence-electron chi connectivity index (χ2n) is 5.65. The summed E-state index contributed by atoms with van der Waals surface area (Å²) in [4.78, 5) is 0. The Hall–Kier alpha value is -0.0800. The van der Waals surface area contributed by atoms with Crippen molar-refractivity contribution in [3.05, 3.63) is 0 Å². The van der Waals surface area contributed by atoms with Gasteiger partial charge >= 0.3 is 0 Å². The van der Waals surface area contributed by atoms with E-state index in [-0.39, 0.29) is 11.2 Å². The van der Waals surface area contributed by atoms with Gasteiger partial charge in [0.05, 0.1) is 5.66 Å². The molecule has 1 spiro atoms. The Morgan fingerprint density at radius 2 is 2.08 bits per heavy atom. The van der Waals surface area contributed by atoms with E-state index in [2.05, 4.69) is 31.4 Å². The fourth-order valence-electron chi connectivity index (χ4n) is 2.95. The van der Waals surface area contributed by atoms with E-state index in [4.69, 9.17) is 0 Å². The van der Waals surface area contributed by atoms with E-state index in [0.717, 1.165) is 12.5 Å². The minimum Gasteiger partial charge on any atom is -0.297 e. The monoisotopic (exact) mass is 182 g/mol. The van der Waals surface area contributed by atoms with Gasteiger partial charge < -0.3 is 0 Å². The topological polar surface area (TPSA) is 24.1 Å². The SMILES string of the molecule is C[C@@H]1CCC[C@@]2(C1)NCC(C)(C)N2. The Morgan fingerprint density at radius 1 is 1.31 bits per heavy atom. The highest BCUT2D eigenvalue weighted by molar-refractivity contribution is 5.03. The Labute approximate surface area is 81.5 Å². The zero-order valence-electron chi connectivity index (χ0n) is 9.11. The summed E-state index contributed by atoms with van der Waals surface area (Å²) in [5, 5.41) is 7.45. The molecule has 2 nitrogen and oxygen atoms in total. The zero-order chi connectivity index (χ0) is 9.53. The third-order valence-electron chi connectivity index (χ3n) is 3.44. The predicted molar refractivity (Wildman–Crippen MR) is 55.6 cm³/mol. The molecule has 2 heteroatoms. The molecule has 2 atom stereocenters. The van der Waals surface area contributed by atoms with Gasteiger partial charge in [-0.25, -0.2) is 0 Å². The van der Waals surface area contributed by atoms with E-state index in [0.29, 0.717) is 0 Å². The van der Waals surface area contributed by atoms with Gasteiger partial charge in [0.25, 0.3) is 0 Å². The van der Waals surface area contributed by atoms with Crippen LogP contribution >= 0.6 is 0 Å². The highest BCUT2D eigenvalue weighted by Crippen LogP contribution is 2.34. The van der Waals surface area contributed by atoms with Crippen molar-refractivity contribution >= 4 is 0 Å². The average Bonchev–Trinajstić information content (AvgIpc) is 2.26. The molecule has 0 unspecified atom stereocenters. The maximum Gasteiger partial charge on any atom is 0.0694 e. The first-order valence-corrected chi connectivity index (χ1v) is 5.56. The van der Waals surface area contributed by atoms with E-state index in [1.54, 1.807) is 0 Å². The first-order valence-electron chi connectivity index (χ1n) is 5.56. The summed E-state index contributed by atoms with van der Waals surface area (Å²) in [5.74, 6) is 0.877. The molecule has 2 rings (SSSR count). The molecule has 0 aromatic heterocycles. The first-order chi connectivity index (χ1) is 6.02. The summed E-state index contributed by atoms with van der Waals surface area (Å²) in [6, 6.07) is 0. The molecular weight excluding hydrogens is 160 g/mol. The maximum absolute atomic E-state index is 3.76. The molecular formula is C11H22N2. The van der Waals surface area contributed by atoms with Crippen LogP contribution in [0.5, 0.6) is 0 Å². The highest BCUT2D eigenvalue weighted by atomic mass is 15.3. The fraction of sp³-hybridized carbons (Fsp3) is 1.00. The van der Waals surface area contributed by atoms with Crippen molar-refractivity contribution in [1.29, 1.82) is 0 Å². The van der Waals surface area contributed by atoms with Gasteiger partial charge in [0.2, 0.25) is 0 Å². The van der Waals surface area contributed by atoms with Crippen molar-refractivity contribution < 1.29 is 0 Å². The van der Waals surface area contributed by atoms with E-state index in [1.165, 1.54) is 25.7 Å². The van der Waals surface area contributed by atoms with Crippen LogP contribution in [0, 0.1) is 5.92 Å². The second kappa shape index (κ2) is 2.96. The smallest absolute Gasteiger partial charge is 0.0694 e. The standard InChI is InChI=1S/C11H22N2/c1-9-5-4-6-11(7-9)12-8-10(2,3)13-11/h9,12-13H,4-8H2,1-3H3/t9-,11-/m1/s1. The Kier molecular flexibility index (Phi) is 2.16. The van der Waals surface area contributed by atoms with Crippen molar-refractivity contribution in [3.8, 4) is 0 Å². The molecule has 0 amide bonds. The molecule has 1 heterocycles. The van der Waals surface area contributed by atoms with Crippen LogP contribution in [-0.2, 0) is 0 Å². The van der Waals surface area contributed by atoms with Gasteiger partial charge in [-0.05, 0) is 32.6 Å². The summed E-state index contributed by atoms with van der Waals surface area (Å²) >= 11 is 0. The van der Waals surface area contributed by atoms with Gasteiger partial charge in [-0.3, -0.25) is 10.6 Å². The van der Waals surface area contributed by atoms with E-state index in [9.17, 15) is 0 Å². The first kappa shape index (κ1) is 9.47. The largest absolute Gasteiger partial charge is 0.297 e. The van der Waals surface area contributed by atoms with Gasteiger partial charge in [-0.2, -0.15) is 0 Å². The molecule has 0 aromatic carbocycles. The van der Waals surface area contributed by atoms with E-state index >= 15 is 0 Å². The van der Waals surface area contributed by atoms with Gasteiger partial charge in [0, 0.05) is 12.1 Å². The second-order valence-corrected chi connectivity index (χ2v) is 5.65. The lowest BCUT2D eigenvalue weighted by atomic mass is 9.82. The van der Waals surface area contributed by atoms with Gasteiger partial charge in [-0.1, -0.05) is 19.8 Å². The van der Waals surface area contributed by atoms with Crippen LogP contribution < -0.4 is 10.6 Å². The summed E-state index contributed by atoms with van der Waals surface area (Å²) in [6.45, 7) is 8.05. The van der Waals surface area contributed by atoms with Crippen molar-refractivity contribution in [2.75, 3.05) is 6.54 Å². The minimum atomic E-state index is 0.279. The van der Waals surface area contributed by atoms with Crippen LogP contribution in [0.4, 0.5) is 0 Å². The molecule has 0 radical (unpaired) electrons. The Bertz CT molecular complexity index is 200. The summed E-state index contributed by atoms with van der Waals surface area (Å²) in [7, 11) is 0. The lowest BCUT2D eigenvalue weighted by Gasteiger charge is -2.38. The maximum atomic E-state index is 3.76. The molecule has 1 aliphatic carbocycles. The number of hydrogen-bond acceptors (Lipinski definition) is 2. The number of rotatable bonds is 0. The normalized spacial score (nSPS) is 44.1. The molecule has 1 saturated carbocycles. The predicted octanol–water partition coefficient (Wildman–Crippen LogP) is 1.86. The van der Waals surface area contributed by atoms with Crippen LogP contribution in [0.3, 0.4) is 0 Å². The minimum absolute atomic E-state index is 0.279. The van der Waals surface area contributed by atoms with Crippen molar-refractivity contribution in [2.24, 2.45) is 5.92 Å². The van der Waals surface area contributed by atoms with Gasteiger partial charge in [-0.15, -0.1) is 0 Å². The van der Waals surface area contributed by atoms with E-state index in [1.807, 2.05) is 0 Å². The summed E-state index contributed by atoms with van der Waals surface area (Å²) < 4.78 is 0. The van der Waals surface area contributed by atoms with E-state index < -0.39 is 0 Å². The quantitative estimate of drug-likeness (QED) is 0.597. The van der Waals surface area contributed by atoms with Gasteiger partial charge in [0.1, 0.15) is 0 Å². The molecule has 1 saturated heterocycles. The van der Waals surface area contributed by atoms with Crippen molar-refractivity contribution in [3.63, 3.8) is 0 Å². The number of hydrogen-bond donors (Lipinski definition) is 2. The third-order valence-corrected chi connectivity index (χ3v) is 3.44. The summed E-state index contributed by atoms with van der Waals surface area (Å²) in [6.07, 6.45) is 5.39. The average molecular weight is 182 g/mol. The number of nitrogens with one attached hydrogen (secondary N) is 2. The molecule has 0 bridgehead atoms. The fourth-order valence-corrected chi connectivity index (χ4v) is 2.95. The Balaban J connectivity index is 2.05. The van der Waals surface area contributed by atoms with Crippen LogP contribution in [-0.4, -0.2) is 17.7 Å². The van der Waals surface area contributed by atoms with Crippen molar-refractivity contribution in [1.82, 2.24) is 10.6 Å². The van der Waals surface area contributed by atoms with Gasteiger partial charge in [0.15, 0.2) is 0 Å². The molecule has 2 aliphatic rings. The van der Waals surface area contributed by atoms with Crippen LogP contribution in [0.1, 0.15) is 46.5 Å². The lowest BCUT2D eigenvalue weighted by Crippen LogP contribution is -2.54. The molecule has 1 aliphatic heterocycles. The molecule has 0 aromatic rings. The van der Waals surface area contributed by atoms with Crippen LogP contribution in [0.25, 0.3) is 0 Å². The molecule has 76 valence electrons. The zero-order valence-corrected chi connectivity index (χ0v) is 9.11. The van der Waals surface area contributed by atoms with Crippen LogP contribution in [0.2, 0.25) is 0 Å². The third kappa shape index (κ3) is 1.89.